The van der Waals surface area contributed by atoms with E-state index in [2.05, 4.69) is 0 Å². The first kappa shape index (κ1) is 9.25. The van der Waals surface area contributed by atoms with E-state index in [1.807, 2.05) is 0 Å². The van der Waals surface area contributed by atoms with E-state index >= 15 is 0 Å². The number of hydrogen-bond acceptors (Lipinski definition) is 1. The lowest BCUT2D eigenvalue weighted by atomic mass is 10.1. The standard InChI is InChI=1S/C6H9ClO.ClH/c7-6(8)5-3-1-2-4-5;/h5H,1-4H2;1H. The monoisotopic (exact) mass is 168 g/mol. The molecule has 0 radical (unpaired) electrons. The number of carbonyl (C=O) groups is 1. The normalized spacial score (nSPS) is 19.2. The summed E-state index contributed by atoms with van der Waals surface area (Å²) >= 11 is 5.25. The second-order valence-electron chi connectivity index (χ2n) is 2.29. The molecule has 54 valence electrons. The molecule has 0 heterocycles. The van der Waals surface area contributed by atoms with E-state index in [1.165, 1.54) is 12.8 Å². The van der Waals surface area contributed by atoms with Gasteiger partial charge in [-0.25, -0.2) is 0 Å². The third kappa shape index (κ3) is 2.55. The van der Waals surface area contributed by atoms with Crippen molar-refractivity contribution in [2.24, 2.45) is 5.92 Å². The first-order valence-electron chi connectivity index (χ1n) is 3.00. The van der Waals surface area contributed by atoms with Gasteiger partial charge in [0.1, 0.15) is 0 Å². The molecule has 0 bridgehead atoms. The molecule has 9 heavy (non-hydrogen) atoms. The van der Waals surface area contributed by atoms with Gasteiger partial charge in [0.2, 0.25) is 5.24 Å². The van der Waals surface area contributed by atoms with Crippen molar-refractivity contribution in [3.8, 4) is 0 Å². The molecular formula is C6H10Cl2O. The average Bonchev–Trinajstić information content (AvgIpc) is 2.12. The zero-order valence-electron chi connectivity index (χ0n) is 5.10. The molecule has 1 rings (SSSR count). The number of hydrogen-bond donors (Lipinski definition) is 0. The minimum Gasteiger partial charge on any atom is -0.281 e. The van der Waals surface area contributed by atoms with Crippen LogP contribution in [0, 0.1) is 5.92 Å². The molecule has 3 heteroatoms. The maximum Gasteiger partial charge on any atom is 0.224 e. The summed E-state index contributed by atoms with van der Waals surface area (Å²) < 4.78 is 0. The van der Waals surface area contributed by atoms with Gasteiger partial charge in [0.25, 0.3) is 0 Å². The zero-order valence-corrected chi connectivity index (χ0v) is 6.67. The quantitative estimate of drug-likeness (QED) is 0.550. The smallest absolute Gasteiger partial charge is 0.224 e. The van der Waals surface area contributed by atoms with Gasteiger partial charge in [0.05, 0.1) is 0 Å². The average molecular weight is 169 g/mol. The van der Waals surface area contributed by atoms with Crippen LogP contribution in [-0.2, 0) is 4.79 Å². The van der Waals surface area contributed by atoms with Crippen molar-refractivity contribution in [3.63, 3.8) is 0 Å². The lowest BCUT2D eigenvalue weighted by Crippen LogP contribution is -2.01. The molecule has 0 aromatic rings. The van der Waals surface area contributed by atoms with Crippen LogP contribution in [0.1, 0.15) is 25.7 Å². The van der Waals surface area contributed by atoms with Gasteiger partial charge in [-0.2, -0.15) is 0 Å². The highest BCUT2D eigenvalue weighted by Crippen LogP contribution is 2.26. The Labute approximate surface area is 66.2 Å². The van der Waals surface area contributed by atoms with Crippen LogP contribution in [0.15, 0.2) is 0 Å². The van der Waals surface area contributed by atoms with Crippen molar-refractivity contribution < 1.29 is 4.79 Å². The fourth-order valence-corrected chi connectivity index (χ4v) is 1.37. The highest BCUT2D eigenvalue weighted by Gasteiger charge is 2.20. The summed E-state index contributed by atoms with van der Waals surface area (Å²) in [6.45, 7) is 0. The molecule has 0 amide bonds. The Hall–Kier alpha value is 0.250. The summed E-state index contributed by atoms with van der Waals surface area (Å²) in [6.07, 6.45) is 4.40. The molecule has 0 aromatic carbocycles. The van der Waals surface area contributed by atoms with Crippen LogP contribution in [-0.4, -0.2) is 5.24 Å². The topological polar surface area (TPSA) is 17.1 Å². The number of rotatable bonds is 1. The molecule has 0 saturated heterocycles. The van der Waals surface area contributed by atoms with Crippen molar-refractivity contribution in [2.45, 2.75) is 25.7 Å². The number of halogens is 2. The van der Waals surface area contributed by atoms with Crippen LogP contribution in [0.2, 0.25) is 0 Å². The summed E-state index contributed by atoms with van der Waals surface area (Å²) in [7, 11) is 0. The van der Waals surface area contributed by atoms with Gasteiger partial charge >= 0.3 is 0 Å². The van der Waals surface area contributed by atoms with Crippen molar-refractivity contribution >= 4 is 29.3 Å². The largest absolute Gasteiger partial charge is 0.281 e. The van der Waals surface area contributed by atoms with Crippen LogP contribution < -0.4 is 0 Å². The summed E-state index contributed by atoms with van der Waals surface area (Å²) in [5.41, 5.74) is 0. The highest BCUT2D eigenvalue weighted by molar-refractivity contribution is 6.64. The molecule has 1 aliphatic carbocycles. The van der Waals surface area contributed by atoms with Gasteiger partial charge < -0.3 is 0 Å². The van der Waals surface area contributed by atoms with Gasteiger partial charge in [-0.05, 0) is 24.4 Å². The lowest BCUT2D eigenvalue weighted by molar-refractivity contribution is -0.114. The second kappa shape index (κ2) is 4.13. The molecule has 0 aromatic heterocycles. The van der Waals surface area contributed by atoms with Gasteiger partial charge in [0.15, 0.2) is 0 Å². The van der Waals surface area contributed by atoms with E-state index in [4.69, 9.17) is 11.6 Å². The Kier molecular flexibility index (Phi) is 4.24. The Morgan fingerprint density at radius 3 is 2.00 bits per heavy atom. The van der Waals surface area contributed by atoms with E-state index in [0.29, 0.717) is 0 Å². The van der Waals surface area contributed by atoms with Gasteiger partial charge in [-0.3, -0.25) is 4.79 Å². The lowest BCUT2D eigenvalue weighted by Gasteiger charge is -1.96. The molecule has 1 nitrogen and oxygen atoms in total. The SMILES string of the molecule is Cl.O=C(Cl)C1CCCC1. The summed E-state index contributed by atoms with van der Waals surface area (Å²) in [5.74, 6) is 0.191. The van der Waals surface area contributed by atoms with Crippen molar-refractivity contribution in [3.05, 3.63) is 0 Å². The summed E-state index contributed by atoms with van der Waals surface area (Å²) in [6, 6.07) is 0. The molecule has 0 unspecified atom stereocenters. The van der Waals surface area contributed by atoms with Crippen LogP contribution in [0.4, 0.5) is 0 Å². The molecular weight excluding hydrogens is 159 g/mol. The van der Waals surface area contributed by atoms with Crippen LogP contribution >= 0.6 is 24.0 Å². The minimum atomic E-state index is -0.137. The molecule has 1 aliphatic rings. The second-order valence-corrected chi connectivity index (χ2v) is 2.66. The fourth-order valence-electron chi connectivity index (χ4n) is 1.15. The molecule has 0 atom stereocenters. The van der Waals surface area contributed by atoms with Crippen molar-refractivity contribution in [1.29, 1.82) is 0 Å². The van der Waals surface area contributed by atoms with Gasteiger partial charge in [-0.1, -0.05) is 12.8 Å². The Morgan fingerprint density at radius 2 is 1.78 bits per heavy atom. The maximum atomic E-state index is 10.4. The third-order valence-corrected chi connectivity index (χ3v) is 1.98. The van der Waals surface area contributed by atoms with Crippen LogP contribution in [0.25, 0.3) is 0 Å². The predicted molar refractivity (Wildman–Crippen MR) is 40.1 cm³/mol. The predicted octanol–water partition coefficient (Wildman–Crippen LogP) is 2.36. The van der Waals surface area contributed by atoms with Gasteiger partial charge in [-0.15, -0.1) is 12.4 Å². The highest BCUT2D eigenvalue weighted by atomic mass is 35.5. The molecule has 0 aliphatic heterocycles. The van der Waals surface area contributed by atoms with E-state index in [1.54, 1.807) is 0 Å². The maximum absolute atomic E-state index is 10.4. The third-order valence-electron chi connectivity index (χ3n) is 1.68. The van der Waals surface area contributed by atoms with E-state index in [9.17, 15) is 4.79 Å². The first-order valence-corrected chi connectivity index (χ1v) is 3.38. The van der Waals surface area contributed by atoms with E-state index < -0.39 is 0 Å². The molecule has 0 spiro atoms. The first-order chi connectivity index (χ1) is 3.80. The fraction of sp³-hybridized carbons (Fsp3) is 0.833. The van der Waals surface area contributed by atoms with Gasteiger partial charge in [0, 0.05) is 5.92 Å². The molecule has 1 saturated carbocycles. The molecule has 0 N–H and O–H groups in total. The van der Waals surface area contributed by atoms with E-state index in [-0.39, 0.29) is 23.6 Å². The minimum absolute atomic E-state index is 0. The van der Waals surface area contributed by atoms with Crippen molar-refractivity contribution in [2.75, 3.05) is 0 Å². The Balaban J connectivity index is 0.000000640. The molecule has 1 fully saturated rings. The summed E-state index contributed by atoms with van der Waals surface area (Å²) in [4.78, 5) is 10.4. The number of carbonyl (C=O) groups excluding carboxylic acids is 1. The zero-order chi connectivity index (χ0) is 5.98. The summed E-state index contributed by atoms with van der Waals surface area (Å²) in [5, 5.41) is -0.137. The van der Waals surface area contributed by atoms with E-state index in [0.717, 1.165) is 12.8 Å². The van der Waals surface area contributed by atoms with Crippen molar-refractivity contribution in [1.82, 2.24) is 0 Å². The van der Waals surface area contributed by atoms with Crippen LogP contribution in [0.5, 0.6) is 0 Å². The Morgan fingerprint density at radius 1 is 1.33 bits per heavy atom. The van der Waals surface area contributed by atoms with Crippen LogP contribution in [0.3, 0.4) is 0 Å². The Bertz CT molecular complexity index is 97.2.